The van der Waals surface area contributed by atoms with Crippen molar-refractivity contribution in [3.63, 3.8) is 0 Å². The number of esters is 1. The lowest BCUT2D eigenvalue weighted by atomic mass is 9.58. The van der Waals surface area contributed by atoms with Crippen molar-refractivity contribution in [2.45, 2.75) is 214 Å². The average molecular weight is 980 g/mol. The van der Waals surface area contributed by atoms with Gasteiger partial charge in [-0.15, -0.1) is 0 Å². The van der Waals surface area contributed by atoms with E-state index in [4.69, 9.17) is 28.4 Å². The van der Waals surface area contributed by atoms with Crippen molar-refractivity contribution in [3.05, 3.63) is 0 Å². The second-order valence-corrected chi connectivity index (χ2v) is 24.0. The Balaban J connectivity index is 1.31. The zero-order chi connectivity index (χ0) is 51.0. The Kier molecular flexibility index (Phi) is 15.3. The zero-order valence-corrected chi connectivity index (χ0v) is 42.7. The van der Waals surface area contributed by atoms with Crippen LogP contribution in [0.5, 0.6) is 0 Å². The number of nitrogens with one attached hydrogen (secondary N) is 3. The van der Waals surface area contributed by atoms with Gasteiger partial charge in [0, 0.05) is 36.7 Å². The molecule has 5 rings (SSSR count). The Bertz CT molecular complexity index is 1850. The Morgan fingerprint density at radius 1 is 0.731 bits per heavy atom. The highest BCUT2D eigenvalue weighted by Gasteiger charge is 2.74. The van der Waals surface area contributed by atoms with E-state index in [9.17, 15) is 55.2 Å². The molecule has 5 aliphatic heterocycles. The number of urea groups is 1. The fourth-order valence-electron chi connectivity index (χ4n) is 11.6. The molecule has 0 aromatic carbocycles. The fraction of sp³-hybridized carbons (Fsp3) is 0.935. The lowest BCUT2D eigenvalue weighted by Crippen LogP contribution is -2.85. The van der Waals surface area contributed by atoms with Crippen molar-refractivity contribution in [1.82, 2.24) is 16.0 Å². The number of aliphatic hydroxyl groups is 8. The summed E-state index contributed by atoms with van der Waals surface area (Å²) in [5.74, 6) is -2.27. The molecule has 5 heterocycles. The van der Waals surface area contributed by atoms with E-state index in [1.165, 1.54) is 62.3 Å². The van der Waals surface area contributed by atoms with Crippen LogP contribution in [0, 0.1) is 10.8 Å². The van der Waals surface area contributed by atoms with E-state index < -0.39 is 117 Å². The molecule has 0 bridgehead atoms. The van der Waals surface area contributed by atoms with E-state index in [1.54, 1.807) is 46.4 Å². The van der Waals surface area contributed by atoms with Gasteiger partial charge in [0.1, 0.15) is 50.9 Å². The fourth-order valence-corrected chi connectivity index (χ4v) is 13.2. The summed E-state index contributed by atoms with van der Waals surface area (Å²) in [6, 6.07) is -1.14. The van der Waals surface area contributed by atoms with Crippen LogP contribution >= 0.6 is 11.8 Å². The van der Waals surface area contributed by atoms with Crippen molar-refractivity contribution < 1.29 is 83.7 Å². The van der Waals surface area contributed by atoms with Crippen LogP contribution in [0.3, 0.4) is 0 Å². The van der Waals surface area contributed by atoms with Crippen LogP contribution < -0.4 is 16.0 Å². The third kappa shape index (κ3) is 9.05. The molecule has 0 radical (unpaired) electrons. The maximum Gasteiger partial charge on any atom is 0.315 e. The largest absolute Gasteiger partial charge is 0.430 e. The second kappa shape index (κ2) is 18.3. The minimum Gasteiger partial charge on any atom is -0.430 e. The zero-order valence-electron chi connectivity index (χ0n) is 41.9. The van der Waals surface area contributed by atoms with E-state index in [1.807, 2.05) is 0 Å². The highest BCUT2D eigenvalue weighted by molar-refractivity contribution is 8.00. The van der Waals surface area contributed by atoms with Gasteiger partial charge < -0.3 is 85.2 Å². The number of thioether (sulfide) groups is 1. The van der Waals surface area contributed by atoms with Gasteiger partial charge >= 0.3 is 12.0 Å². The molecule has 5 fully saturated rings. The van der Waals surface area contributed by atoms with Gasteiger partial charge in [-0.3, -0.25) is 9.59 Å². The highest BCUT2D eigenvalue weighted by atomic mass is 32.2. The van der Waals surface area contributed by atoms with Crippen molar-refractivity contribution in [2.24, 2.45) is 10.8 Å². The van der Waals surface area contributed by atoms with Gasteiger partial charge in [-0.05, 0) is 82.1 Å². The average Bonchev–Trinajstić information content (AvgIpc) is 3.77. The maximum absolute atomic E-state index is 13.3. The minimum absolute atomic E-state index is 0.0343. The summed E-state index contributed by atoms with van der Waals surface area (Å²) in [4.78, 5) is 38.0. The molecule has 20 nitrogen and oxygen atoms in total. The number of carbonyl (C=O) groups is 3. The summed E-state index contributed by atoms with van der Waals surface area (Å²) in [6.07, 6.45) is -1.25. The molecule has 0 aromatic rings. The second-order valence-electron chi connectivity index (χ2n) is 22.7. The number of rotatable bonds is 17. The van der Waals surface area contributed by atoms with Crippen LogP contribution in [-0.4, -0.2) is 196 Å². The van der Waals surface area contributed by atoms with E-state index in [0.717, 1.165) is 12.2 Å². The third-order valence-corrected chi connectivity index (χ3v) is 18.7. The van der Waals surface area contributed by atoms with Crippen molar-refractivity contribution >= 4 is 29.7 Å². The number of fused-ring (bicyclic) bond motifs is 1. The Labute approximate surface area is 398 Å². The molecule has 5 saturated heterocycles. The SMILES string of the molecule is CC(=O)NC1[C@@](C)(COC[C@]2(C)C(C)(C)O[C@](C)(OC(=O)CCCCC3SC[C@@H]4NC(=O)N[C@H]34)C(O)[C@@]2(C)O)OC(C)(CO)[C@@H](O)[C@@]1(C)COC[C@]1(C)OC(C)(CO)[C@](C)(O)[C@@](C)(O)C1(C)O. The number of amides is 3. The molecular formula is C46H81N3O17S. The van der Waals surface area contributed by atoms with Crippen molar-refractivity contribution in [3.8, 4) is 0 Å². The first-order chi connectivity index (χ1) is 30.4. The van der Waals surface area contributed by atoms with Crippen LogP contribution in [0.1, 0.15) is 123 Å². The van der Waals surface area contributed by atoms with Crippen LogP contribution in [0.4, 0.5) is 4.79 Å². The van der Waals surface area contributed by atoms with E-state index in [0.29, 0.717) is 12.8 Å². The smallest absolute Gasteiger partial charge is 0.315 e. The summed E-state index contributed by atoms with van der Waals surface area (Å²) in [5.41, 5.74) is -19.7. The molecule has 0 spiro atoms. The van der Waals surface area contributed by atoms with Gasteiger partial charge in [0.25, 0.3) is 0 Å². The Morgan fingerprint density at radius 2 is 1.33 bits per heavy atom. The lowest BCUT2D eigenvalue weighted by molar-refractivity contribution is -0.408. The molecule has 6 unspecified atom stereocenters. The molecule has 0 saturated carbocycles. The Hall–Kier alpha value is -1.96. The van der Waals surface area contributed by atoms with Crippen molar-refractivity contribution in [2.75, 3.05) is 45.4 Å². The van der Waals surface area contributed by atoms with Crippen LogP contribution in [0.25, 0.3) is 0 Å². The number of ether oxygens (including phenoxy) is 6. The monoisotopic (exact) mass is 980 g/mol. The van der Waals surface area contributed by atoms with Crippen LogP contribution in [0.15, 0.2) is 0 Å². The predicted octanol–water partition coefficient (Wildman–Crippen LogP) is 0.137. The summed E-state index contributed by atoms with van der Waals surface area (Å²) in [5, 5.41) is 101. The summed E-state index contributed by atoms with van der Waals surface area (Å²) in [6.45, 7) is 17.5. The van der Waals surface area contributed by atoms with E-state index in [-0.39, 0.29) is 49.6 Å². The molecule has 388 valence electrons. The van der Waals surface area contributed by atoms with Gasteiger partial charge in [0.2, 0.25) is 11.7 Å². The van der Waals surface area contributed by atoms with Gasteiger partial charge in [-0.25, -0.2) is 4.79 Å². The minimum atomic E-state index is -2.26. The first-order valence-corrected chi connectivity index (χ1v) is 24.3. The summed E-state index contributed by atoms with van der Waals surface area (Å²) in [7, 11) is 0. The number of unbranched alkanes of at least 4 members (excludes halogenated alkanes) is 1. The molecule has 5 aliphatic rings. The molecule has 11 N–H and O–H groups in total. The summed E-state index contributed by atoms with van der Waals surface area (Å²) < 4.78 is 37.7. The molecule has 3 amide bonds. The standard InChI is InChI=1S/C46H81N3O17S/c1-26(52)47-31-36(4,22-61-25-41(9)45(13,59)46(14,60)44(12,58)40(8,21-51)66-41)32(54)37(5,20-50)65-38(31,6)23-62-24-39(7)35(2,3)64-43(11,33(55)42(39,10)57)63-29(53)18-16-15-17-28-30-27(19-67-28)48-34(56)49-30/h27-28,30-33,50-51,54-55,57-60H,15-25H2,1-14H3,(H,47,52)(H2,48,49,56)/t27-,28?,30-,31?,32-,33?,36-,37?,38+,39+,40?,41-,42+,43-,44-,45?,46+/m0/s1. The molecule has 17 atom stereocenters. The Morgan fingerprint density at radius 3 is 1.91 bits per heavy atom. The maximum atomic E-state index is 13.3. The molecule has 21 heteroatoms. The van der Waals surface area contributed by atoms with Crippen LogP contribution in [-0.2, 0) is 38.0 Å². The third-order valence-electron chi connectivity index (χ3n) is 17.2. The van der Waals surface area contributed by atoms with Crippen molar-refractivity contribution in [1.29, 1.82) is 0 Å². The van der Waals surface area contributed by atoms with Gasteiger partial charge in [0.05, 0.1) is 74.9 Å². The topological polar surface area (TPSA) is 305 Å². The first-order valence-electron chi connectivity index (χ1n) is 23.3. The quantitative estimate of drug-likeness (QED) is 0.0525. The predicted molar refractivity (Wildman–Crippen MR) is 244 cm³/mol. The molecule has 0 aromatic heterocycles. The molecular weight excluding hydrogens is 899 g/mol. The first kappa shape index (κ1) is 56.0. The number of hydrogen-bond acceptors (Lipinski definition) is 18. The number of hydrogen-bond donors (Lipinski definition) is 11. The lowest BCUT2D eigenvalue weighted by Gasteiger charge is -2.65. The van der Waals surface area contributed by atoms with E-state index in [2.05, 4.69) is 16.0 Å². The van der Waals surface area contributed by atoms with Gasteiger partial charge in [-0.1, -0.05) is 20.3 Å². The highest BCUT2D eigenvalue weighted by Crippen LogP contribution is 2.56. The number of aliphatic hydroxyl groups excluding tert-OH is 4. The van der Waals surface area contributed by atoms with E-state index >= 15 is 0 Å². The molecule has 0 aliphatic carbocycles. The van der Waals surface area contributed by atoms with Gasteiger partial charge in [0.15, 0.2) is 0 Å². The van der Waals surface area contributed by atoms with Gasteiger partial charge in [-0.2, -0.15) is 11.8 Å². The number of carbonyl (C=O) groups excluding carboxylic acids is 3. The molecule has 67 heavy (non-hydrogen) atoms. The summed E-state index contributed by atoms with van der Waals surface area (Å²) >= 11 is 1.78. The van der Waals surface area contributed by atoms with Crippen LogP contribution in [0.2, 0.25) is 0 Å². The normalized spacial score (nSPS) is 49.4.